The molecule has 1 atom stereocenters. The fourth-order valence-electron chi connectivity index (χ4n) is 3.64. The summed E-state index contributed by atoms with van der Waals surface area (Å²) in [6, 6.07) is 9.87. The minimum Gasteiger partial charge on any atom is -0.468 e. The van der Waals surface area contributed by atoms with Crippen LogP contribution in [0.25, 0.3) is 11.0 Å². The fourth-order valence-corrected chi connectivity index (χ4v) is 3.64. The number of piperidine rings is 1. The van der Waals surface area contributed by atoms with Gasteiger partial charge in [-0.05, 0) is 25.0 Å². The highest BCUT2D eigenvalue weighted by Gasteiger charge is 2.31. The summed E-state index contributed by atoms with van der Waals surface area (Å²) in [5.41, 5.74) is 1.74. The number of carbonyl (C=O) groups is 1. The molecular weight excluding hydrogens is 356 g/mol. The van der Waals surface area contributed by atoms with Gasteiger partial charge in [-0.1, -0.05) is 12.1 Å². The van der Waals surface area contributed by atoms with E-state index in [-0.39, 0.29) is 0 Å². The Morgan fingerprint density at radius 2 is 1.96 bits per heavy atom. The molecule has 1 unspecified atom stereocenters. The predicted octanol–water partition coefficient (Wildman–Crippen LogP) is 2.45. The number of nitrogens with zero attached hydrogens (tertiary/aromatic N) is 6. The first-order chi connectivity index (χ1) is 13.7. The number of hydrogen-bond donors (Lipinski definition) is 0. The molecule has 3 aromatic rings. The number of ether oxygens (including phenoxy) is 1. The summed E-state index contributed by atoms with van der Waals surface area (Å²) in [6.45, 7) is 1.50. The maximum absolute atomic E-state index is 12.2. The van der Waals surface area contributed by atoms with E-state index >= 15 is 0 Å². The lowest BCUT2D eigenvalue weighted by molar-refractivity contribution is -0.141. The molecule has 142 valence electrons. The molecule has 28 heavy (non-hydrogen) atoms. The van der Waals surface area contributed by atoms with Crippen molar-refractivity contribution in [3.8, 4) is 6.07 Å². The van der Waals surface area contributed by atoms with Crippen LogP contribution in [0.3, 0.4) is 0 Å². The van der Waals surface area contributed by atoms with Crippen molar-refractivity contribution >= 4 is 22.8 Å². The number of anilines is 1. The third-order valence-electron chi connectivity index (χ3n) is 5.13. The molecule has 0 aliphatic carbocycles. The first-order valence-electron chi connectivity index (χ1n) is 9.17. The summed E-state index contributed by atoms with van der Waals surface area (Å²) in [6.07, 6.45) is 7.43. The Balaban J connectivity index is 1.70. The molecule has 0 N–H and O–H groups in total. The summed E-state index contributed by atoms with van der Waals surface area (Å²) in [7, 11) is 1.28. The van der Waals surface area contributed by atoms with E-state index in [9.17, 15) is 10.1 Å². The summed E-state index contributed by atoms with van der Waals surface area (Å²) < 4.78 is 6.94. The molecule has 0 spiro atoms. The number of carbonyl (C=O) groups excluding carboxylic acids is 1. The Kier molecular flexibility index (Phi) is 4.89. The Morgan fingerprint density at radius 3 is 2.57 bits per heavy atom. The van der Waals surface area contributed by atoms with Gasteiger partial charge in [-0.3, -0.25) is 4.79 Å². The van der Waals surface area contributed by atoms with Gasteiger partial charge in [0.15, 0.2) is 11.7 Å². The van der Waals surface area contributed by atoms with Crippen LogP contribution in [0.1, 0.15) is 30.5 Å². The average Bonchev–Trinajstić information content (AvgIpc) is 3.28. The highest BCUT2D eigenvalue weighted by atomic mass is 16.5. The minimum absolute atomic E-state index is 0.356. The summed E-state index contributed by atoms with van der Waals surface area (Å²) in [5, 5.41) is 9.60. The van der Waals surface area contributed by atoms with Gasteiger partial charge in [-0.15, -0.1) is 0 Å². The number of hydrogen-bond acceptors (Lipinski definition) is 7. The van der Waals surface area contributed by atoms with E-state index in [1.165, 1.54) is 7.11 Å². The number of aromatic nitrogens is 4. The lowest BCUT2D eigenvalue weighted by Gasteiger charge is -2.34. The highest BCUT2D eigenvalue weighted by molar-refractivity contribution is 5.85. The Morgan fingerprint density at radius 1 is 1.25 bits per heavy atom. The van der Waals surface area contributed by atoms with E-state index in [0.717, 1.165) is 31.4 Å². The summed E-state index contributed by atoms with van der Waals surface area (Å²) in [4.78, 5) is 27.8. The van der Waals surface area contributed by atoms with Crippen LogP contribution in [-0.4, -0.2) is 45.7 Å². The zero-order chi connectivity index (χ0) is 19.5. The molecule has 0 radical (unpaired) electrons. The predicted molar refractivity (Wildman–Crippen MR) is 103 cm³/mol. The topological polar surface area (TPSA) is 96.9 Å². The van der Waals surface area contributed by atoms with Crippen LogP contribution < -0.4 is 4.90 Å². The number of fused-ring (bicyclic) bond motifs is 1. The lowest BCUT2D eigenvalue weighted by atomic mass is 10.0. The van der Waals surface area contributed by atoms with Gasteiger partial charge in [0.2, 0.25) is 0 Å². The second-order valence-corrected chi connectivity index (χ2v) is 6.73. The van der Waals surface area contributed by atoms with E-state index in [2.05, 4.69) is 19.4 Å². The number of rotatable bonds is 4. The number of esters is 1. The molecule has 0 bridgehead atoms. The van der Waals surface area contributed by atoms with Gasteiger partial charge < -0.3 is 14.2 Å². The van der Waals surface area contributed by atoms with Crippen molar-refractivity contribution in [2.75, 3.05) is 25.1 Å². The molecular formula is C20H20N6O2. The monoisotopic (exact) mass is 376 g/mol. The Bertz CT molecular complexity index is 1020. The molecule has 8 nitrogen and oxygen atoms in total. The normalized spacial score (nSPS) is 15.9. The quantitative estimate of drug-likeness (QED) is 0.645. The standard InChI is InChI=1S/C20H20N6O2/c1-28-20(27)15(12-21)18-19(24-17-5-3-2-4-16(17)23-18)25-9-6-14(7-10-25)26-11-8-22-13-26/h2-5,8,11,13-15H,6-7,9-10H2,1H3. The van der Waals surface area contributed by atoms with E-state index in [1.807, 2.05) is 42.9 Å². The van der Waals surface area contributed by atoms with Gasteiger partial charge in [0.05, 0.1) is 30.5 Å². The summed E-state index contributed by atoms with van der Waals surface area (Å²) in [5.74, 6) is -1.15. The van der Waals surface area contributed by atoms with Crippen LogP contribution in [0.2, 0.25) is 0 Å². The molecule has 0 amide bonds. The second kappa shape index (κ2) is 7.64. The van der Waals surface area contributed by atoms with E-state index in [4.69, 9.17) is 9.72 Å². The summed E-state index contributed by atoms with van der Waals surface area (Å²) >= 11 is 0. The lowest BCUT2D eigenvalue weighted by Crippen LogP contribution is -2.36. The molecule has 1 aliphatic heterocycles. The number of para-hydroxylation sites is 2. The zero-order valence-electron chi connectivity index (χ0n) is 15.5. The van der Waals surface area contributed by atoms with Gasteiger partial charge in [0.25, 0.3) is 0 Å². The molecule has 1 fully saturated rings. The molecule has 1 aromatic carbocycles. The molecule has 8 heteroatoms. The van der Waals surface area contributed by atoms with Crippen molar-refractivity contribution in [3.05, 3.63) is 48.7 Å². The highest BCUT2D eigenvalue weighted by Crippen LogP contribution is 2.31. The van der Waals surface area contributed by atoms with Crippen molar-refractivity contribution in [1.29, 1.82) is 5.26 Å². The smallest absolute Gasteiger partial charge is 0.329 e. The van der Waals surface area contributed by atoms with Crippen molar-refractivity contribution in [2.45, 2.75) is 24.8 Å². The first kappa shape index (κ1) is 17.9. The number of benzene rings is 1. The molecule has 3 heterocycles. The fraction of sp³-hybridized carbons (Fsp3) is 0.350. The number of nitriles is 1. The Labute approximate surface area is 162 Å². The van der Waals surface area contributed by atoms with Crippen molar-refractivity contribution in [2.24, 2.45) is 0 Å². The van der Waals surface area contributed by atoms with Crippen molar-refractivity contribution < 1.29 is 9.53 Å². The number of methoxy groups -OCH3 is 1. The third-order valence-corrected chi connectivity index (χ3v) is 5.13. The zero-order valence-corrected chi connectivity index (χ0v) is 15.5. The van der Waals surface area contributed by atoms with Gasteiger partial charge in [0, 0.05) is 31.5 Å². The van der Waals surface area contributed by atoms with Crippen LogP contribution >= 0.6 is 0 Å². The van der Waals surface area contributed by atoms with Crippen LogP contribution in [0.15, 0.2) is 43.0 Å². The van der Waals surface area contributed by atoms with Gasteiger partial charge in [0.1, 0.15) is 5.69 Å². The average molecular weight is 376 g/mol. The van der Waals surface area contributed by atoms with Crippen molar-refractivity contribution in [1.82, 2.24) is 19.5 Å². The van der Waals surface area contributed by atoms with Gasteiger partial charge >= 0.3 is 5.97 Å². The largest absolute Gasteiger partial charge is 0.468 e. The first-order valence-corrected chi connectivity index (χ1v) is 9.17. The second-order valence-electron chi connectivity index (χ2n) is 6.73. The Hall–Kier alpha value is -3.47. The third kappa shape index (κ3) is 3.27. The van der Waals surface area contributed by atoms with Crippen molar-refractivity contribution in [3.63, 3.8) is 0 Å². The molecule has 4 rings (SSSR count). The molecule has 1 saturated heterocycles. The van der Waals surface area contributed by atoms with E-state index in [0.29, 0.717) is 23.1 Å². The SMILES string of the molecule is COC(=O)C(C#N)c1nc2ccccc2nc1N1CCC(n2ccnc2)CC1. The van der Waals surface area contributed by atoms with Crippen LogP contribution in [-0.2, 0) is 9.53 Å². The molecule has 2 aromatic heterocycles. The van der Waals surface area contributed by atoms with Crippen LogP contribution in [0.4, 0.5) is 5.82 Å². The van der Waals surface area contributed by atoms with Crippen LogP contribution in [0, 0.1) is 11.3 Å². The maximum atomic E-state index is 12.2. The van der Waals surface area contributed by atoms with Gasteiger partial charge in [-0.2, -0.15) is 5.26 Å². The number of imidazole rings is 1. The molecule has 1 aliphatic rings. The van der Waals surface area contributed by atoms with E-state index in [1.54, 1.807) is 6.20 Å². The minimum atomic E-state index is -1.11. The van der Waals surface area contributed by atoms with Gasteiger partial charge in [-0.25, -0.2) is 15.0 Å². The van der Waals surface area contributed by atoms with Crippen LogP contribution in [0.5, 0.6) is 0 Å². The van der Waals surface area contributed by atoms with E-state index < -0.39 is 11.9 Å². The molecule has 0 saturated carbocycles. The maximum Gasteiger partial charge on any atom is 0.329 e.